The van der Waals surface area contributed by atoms with Gasteiger partial charge in [-0.15, -0.1) is 0 Å². The van der Waals surface area contributed by atoms with Crippen LogP contribution in [0, 0.1) is 12.7 Å². The number of halogens is 1. The third-order valence-corrected chi connectivity index (χ3v) is 4.26. The molecule has 7 heteroatoms. The van der Waals surface area contributed by atoms with Crippen molar-refractivity contribution in [2.75, 3.05) is 22.5 Å². The van der Waals surface area contributed by atoms with Gasteiger partial charge in [-0.3, -0.25) is 4.79 Å². The SMILES string of the molecule is Cc1cc(N[C@@H](C)C(=O)Nc2ccccc2)nc(NCCc2ccc(F)cc2)n1. The van der Waals surface area contributed by atoms with Crippen LogP contribution in [0.15, 0.2) is 60.7 Å². The van der Waals surface area contributed by atoms with Crippen molar-refractivity contribution in [2.24, 2.45) is 0 Å². The highest BCUT2D eigenvalue weighted by Gasteiger charge is 2.14. The largest absolute Gasteiger partial charge is 0.358 e. The van der Waals surface area contributed by atoms with Crippen molar-refractivity contribution in [2.45, 2.75) is 26.3 Å². The quantitative estimate of drug-likeness (QED) is 0.539. The van der Waals surface area contributed by atoms with Crippen molar-refractivity contribution < 1.29 is 9.18 Å². The predicted molar refractivity (Wildman–Crippen MR) is 114 cm³/mol. The molecule has 3 N–H and O–H groups in total. The van der Waals surface area contributed by atoms with Crippen LogP contribution >= 0.6 is 0 Å². The Kier molecular flexibility index (Phi) is 6.73. The lowest BCUT2D eigenvalue weighted by Crippen LogP contribution is -2.32. The molecular weight excluding hydrogens is 369 g/mol. The Bertz CT molecular complexity index is 947. The second kappa shape index (κ2) is 9.64. The normalized spacial score (nSPS) is 11.6. The first-order valence-corrected chi connectivity index (χ1v) is 9.46. The minimum Gasteiger partial charge on any atom is -0.358 e. The summed E-state index contributed by atoms with van der Waals surface area (Å²) in [5, 5.41) is 9.15. The van der Waals surface area contributed by atoms with E-state index in [1.807, 2.05) is 37.3 Å². The fourth-order valence-corrected chi connectivity index (χ4v) is 2.75. The number of benzene rings is 2. The van der Waals surface area contributed by atoms with E-state index in [1.54, 1.807) is 25.1 Å². The van der Waals surface area contributed by atoms with E-state index in [4.69, 9.17) is 0 Å². The Hall–Kier alpha value is -3.48. The number of carbonyl (C=O) groups excluding carboxylic acids is 1. The van der Waals surface area contributed by atoms with Gasteiger partial charge in [-0.05, 0) is 50.1 Å². The molecule has 0 spiro atoms. The number of rotatable bonds is 8. The molecule has 6 nitrogen and oxygen atoms in total. The molecule has 0 saturated carbocycles. The number of carbonyl (C=O) groups is 1. The number of hydrogen-bond acceptors (Lipinski definition) is 5. The Labute approximate surface area is 169 Å². The van der Waals surface area contributed by atoms with Crippen LogP contribution in [0.5, 0.6) is 0 Å². The fraction of sp³-hybridized carbons (Fsp3) is 0.227. The number of aromatic nitrogens is 2. The molecule has 0 radical (unpaired) electrons. The molecule has 0 fully saturated rings. The summed E-state index contributed by atoms with van der Waals surface area (Å²) >= 11 is 0. The number of hydrogen-bond donors (Lipinski definition) is 3. The summed E-state index contributed by atoms with van der Waals surface area (Å²) in [4.78, 5) is 21.2. The van der Waals surface area contributed by atoms with Gasteiger partial charge < -0.3 is 16.0 Å². The number of nitrogens with one attached hydrogen (secondary N) is 3. The second-order valence-corrected chi connectivity index (χ2v) is 6.74. The van der Waals surface area contributed by atoms with E-state index in [0.717, 1.165) is 23.4 Å². The van der Waals surface area contributed by atoms with Gasteiger partial charge in [0.05, 0.1) is 0 Å². The van der Waals surface area contributed by atoms with Crippen LogP contribution in [0.4, 0.5) is 21.8 Å². The summed E-state index contributed by atoms with van der Waals surface area (Å²) in [5.74, 6) is 0.644. The van der Waals surface area contributed by atoms with Crippen LogP contribution in [0.25, 0.3) is 0 Å². The monoisotopic (exact) mass is 393 g/mol. The van der Waals surface area contributed by atoms with Crippen LogP contribution in [-0.4, -0.2) is 28.5 Å². The zero-order valence-electron chi connectivity index (χ0n) is 16.4. The van der Waals surface area contributed by atoms with Gasteiger partial charge in [0.25, 0.3) is 0 Å². The second-order valence-electron chi connectivity index (χ2n) is 6.74. The summed E-state index contributed by atoms with van der Waals surface area (Å²) in [5.41, 5.74) is 2.55. The number of amides is 1. The number of anilines is 3. The average Bonchev–Trinajstić information content (AvgIpc) is 2.70. The Morgan fingerprint density at radius 1 is 1.07 bits per heavy atom. The Morgan fingerprint density at radius 2 is 1.79 bits per heavy atom. The van der Waals surface area contributed by atoms with Crippen molar-refractivity contribution in [1.29, 1.82) is 0 Å². The molecule has 0 aliphatic heterocycles. The van der Waals surface area contributed by atoms with Gasteiger partial charge in [-0.25, -0.2) is 9.37 Å². The molecule has 0 aliphatic rings. The van der Waals surface area contributed by atoms with Crippen molar-refractivity contribution in [1.82, 2.24) is 9.97 Å². The van der Waals surface area contributed by atoms with Crippen LogP contribution in [-0.2, 0) is 11.2 Å². The van der Waals surface area contributed by atoms with Crippen molar-refractivity contribution in [3.05, 3.63) is 77.7 Å². The van der Waals surface area contributed by atoms with E-state index >= 15 is 0 Å². The van der Waals surface area contributed by atoms with E-state index in [1.165, 1.54) is 12.1 Å². The van der Waals surface area contributed by atoms with Crippen LogP contribution < -0.4 is 16.0 Å². The van der Waals surface area contributed by atoms with Crippen molar-refractivity contribution in [3.63, 3.8) is 0 Å². The zero-order chi connectivity index (χ0) is 20.6. The molecule has 0 unspecified atom stereocenters. The smallest absolute Gasteiger partial charge is 0.246 e. The molecule has 1 amide bonds. The molecule has 150 valence electrons. The summed E-state index contributed by atoms with van der Waals surface area (Å²) in [6.07, 6.45) is 0.718. The van der Waals surface area contributed by atoms with Crippen LogP contribution in [0.2, 0.25) is 0 Å². The highest BCUT2D eigenvalue weighted by atomic mass is 19.1. The highest BCUT2D eigenvalue weighted by molar-refractivity contribution is 5.96. The third-order valence-electron chi connectivity index (χ3n) is 4.26. The maximum atomic E-state index is 13.0. The van der Waals surface area contributed by atoms with E-state index in [-0.39, 0.29) is 11.7 Å². The van der Waals surface area contributed by atoms with Gasteiger partial charge in [0.15, 0.2) is 0 Å². The molecule has 1 aromatic heterocycles. The molecule has 2 aromatic carbocycles. The number of nitrogens with zero attached hydrogens (tertiary/aromatic N) is 2. The van der Waals surface area contributed by atoms with Crippen molar-refractivity contribution in [3.8, 4) is 0 Å². The summed E-state index contributed by atoms with van der Waals surface area (Å²) in [6.45, 7) is 4.25. The number of aryl methyl sites for hydroxylation is 1. The lowest BCUT2D eigenvalue weighted by atomic mass is 10.1. The average molecular weight is 393 g/mol. The Morgan fingerprint density at radius 3 is 2.52 bits per heavy atom. The highest BCUT2D eigenvalue weighted by Crippen LogP contribution is 2.13. The molecule has 0 saturated heterocycles. The van der Waals surface area contributed by atoms with Gasteiger partial charge in [0.1, 0.15) is 17.7 Å². The first-order valence-electron chi connectivity index (χ1n) is 9.46. The molecule has 1 atom stereocenters. The molecule has 0 bridgehead atoms. The lowest BCUT2D eigenvalue weighted by molar-refractivity contribution is -0.116. The van der Waals surface area contributed by atoms with Crippen molar-refractivity contribution >= 4 is 23.4 Å². The Balaban J connectivity index is 1.56. The summed E-state index contributed by atoms with van der Waals surface area (Å²) in [6, 6.07) is 17.0. The van der Waals surface area contributed by atoms with Crippen LogP contribution in [0.1, 0.15) is 18.2 Å². The summed E-state index contributed by atoms with van der Waals surface area (Å²) in [7, 11) is 0. The maximum Gasteiger partial charge on any atom is 0.246 e. The molecule has 0 aliphatic carbocycles. The van der Waals surface area contributed by atoms with E-state index < -0.39 is 6.04 Å². The zero-order valence-corrected chi connectivity index (χ0v) is 16.4. The minimum absolute atomic E-state index is 0.154. The molecule has 3 aromatic rings. The van der Waals surface area contributed by atoms with E-state index in [2.05, 4.69) is 25.9 Å². The predicted octanol–water partition coefficient (Wildman–Crippen LogP) is 4.02. The number of para-hydroxylation sites is 1. The third kappa shape index (κ3) is 6.27. The summed E-state index contributed by atoms with van der Waals surface area (Å²) < 4.78 is 13.0. The standard InChI is InChI=1S/C22H24FN5O/c1-15-14-20(26-16(2)21(29)27-19-6-4-3-5-7-19)28-22(25-15)24-13-12-17-8-10-18(23)11-9-17/h3-11,14,16H,12-13H2,1-2H3,(H,27,29)(H2,24,25,26,28)/t16-/m0/s1. The molecule has 1 heterocycles. The maximum absolute atomic E-state index is 13.0. The molecular formula is C22H24FN5O. The van der Waals surface area contributed by atoms with Gasteiger partial charge >= 0.3 is 0 Å². The minimum atomic E-state index is -0.475. The topological polar surface area (TPSA) is 78.9 Å². The van der Waals surface area contributed by atoms with Gasteiger partial charge in [0.2, 0.25) is 11.9 Å². The molecule has 29 heavy (non-hydrogen) atoms. The van der Waals surface area contributed by atoms with E-state index in [9.17, 15) is 9.18 Å². The van der Waals surface area contributed by atoms with E-state index in [0.29, 0.717) is 18.3 Å². The lowest BCUT2D eigenvalue weighted by Gasteiger charge is -2.16. The first-order chi connectivity index (χ1) is 14.0. The molecule has 3 rings (SSSR count). The van der Waals surface area contributed by atoms with Gasteiger partial charge in [-0.2, -0.15) is 4.98 Å². The first kappa shape index (κ1) is 20.3. The van der Waals surface area contributed by atoms with Gasteiger partial charge in [0, 0.05) is 24.0 Å². The van der Waals surface area contributed by atoms with Crippen LogP contribution in [0.3, 0.4) is 0 Å². The fourth-order valence-electron chi connectivity index (χ4n) is 2.75. The van der Waals surface area contributed by atoms with Gasteiger partial charge in [-0.1, -0.05) is 30.3 Å².